The number of hydrogen-bond donors (Lipinski definition) is 2. The van der Waals surface area contributed by atoms with Crippen LogP contribution in [0.2, 0.25) is 0 Å². The minimum absolute atomic E-state index is 0.213. The summed E-state index contributed by atoms with van der Waals surface area (Å²) in [6.45, 7) is 4.21. The third-order valence-corrected chi connectivity index (χ3v) is 3.32. The van der Waals surface area contributed by atoms with Crippen LogP contribution >= 0.6 is 11.8 Å². The molecule has 2 N–H and O–H groups in total. The smallest absolute Gasteiger partial charge is 0.0471 e. The largest absolute Gasteiger partial charge is 0.400 e. The van der Waals surface area contributed by atoms with E-state index in [4.69, 9.17) is 10.2 Å². The Kier molecular flexibility index (Phi) is 11.9. The van der Waals surface area contributed by atoms with Crippen molar-refractivity contribution in [1.29, 1.82) is 0 Å². The number of benzene rings is 2. The van der Waals surface area contributed by atoms with Gasteiger partial charge < -0.3 is 10.2 Å². The van der Waals surface area contributed by atoms with Crippen molar-refractivity contribution in [3.63, 3.8) is 0 Å². The highest BCUT2D eigenvalue weighted by molar-refractivity contribution is 7.99. The zero-order chi connectivity index (χ0) is 15.2. The molecule has 0 aliphatic heterocycles. The van der Waals surface area contributed by atoms with Crippen LogP contribution in [0.1, 0.15) is 19.4 Å². The van der Waals surface area contributed by atoms with Crippen LogP contribution in [-0.4, -0.2) is 23.9 Å². The maximum Gasteiger partial charge on any atom is 0.0471 e. The highest BCUT2D eigenvalue weighted by Gasteiger charge is 1.97. The fraction of sp³-hybridized carbons (Fsp3) is 0.294. The zero-order valence-electron chi connectivity index (χ0n) is 12.4. The summed E-state index contributed by atoms with van der Waals surface area (Å²) in [5.41, 5.74) is 1.18. The van der Waals surface area contributed by atoms with Gasteiger partial charge in [0.15, 0.2) is 0 Å². The molecule has 2 aromatic rings. The lowest BCUT2D eigenvalue weighted by atomic mass is 10.2. The monoisotopic (exact) mass is 292 g/mol. The lowest BCUT2D eigenvalue weighted by Crippen LogP contribution is -1.89. The van der Waals surface area contributed by atoms with Gasteiger partial charge in [-0.1, -0.05) is 55.9 Å². The maximum atomic E-state index is 8.82. The molecule has 0 atom stereocenters. The van der Waals surface area contributed by atoms with Crippen LogP contribution in [0.4, 0.5) is 0 Å². The van der Waals surface area contributed by atoms with Crippen molar-refractivity contribution in [2.24, 2.45) is 0 Å². The molecule has 0 saturated heterocycles. The van der Waals surface area contributed by atoms with Crippen molar-refractivity contribution in [3.8, 4) is 0 Å². The van der Waals surface area contributed by atoms with Gasteiger partial charge in [0.2, 0.25) is 0 Å². The van der Waals surface area contributed by atoms with Crippen molar-refractivity contribution in [3.05, 3.63) is 60.2 Å². The minimum atomic E-state index is 0.213. The molecule has 3 heteroatoms. The van der Waals surface area contributed by atoms with Gasteiger partial charge in [-0.15, -0.1) is 0 Å². The second-order valence-corrected chi connectivity index (χ2v) is 4.68. The summed E-state index contributed by atoms with van der Waals surface area (Å²) in [5.74, 6) is 0. The van der Waals surface area contributed by atoms with E-state index in [2.05, 4.69) is 36.4 Å². The van der Waals surface area contributed by atoms with Gasteiger partial charge >= 0.3 is 0 Å². The van der Waals surface area contributed by atoms with Crippen molar-refractivity contribution >= 4 is 11.8 Å². The number of rotatable bonds is 4. The molecule has 2 rings (SSSR count). The molecule has 0 spiro atoms. The van der Waals surface area contributed by atoms with Crippen molar-refractivity contribution in [2.45, 2.75) is 30.1 Å². The molecule has 0 amide bonds. The van der Waals surface area contributed by atoms with E-state index in [1.807, 2.05) is 32.0 Å². The average molecular weight is 292 g/mol. The van der Waals surface area contributed by atoms with Gasteiger partial charge in [0.05, 0.1) is 0 Å². The molecule has 0 heterocycles. The normalized spacial score (nSPS) is 8.85. The quantitative estimate of drug-likeness (QED) is 0.894. The Labute approximate surface area is 126 Å². The van der Waals surface area contributed by atoms with Crippen molar-refractivity contribution < 1.29 is 10.2 Å². The predicted molar refractivity (Wildman–Crippen MR) is 87.3 cm³/mol. The van der Waals surface area contributed by atoms with E-state index < -0.39 is 0 Å². The molecule has 0 fully saturated rings. The summed E-state index contributed by atoms with van der Waals surface area (Å²) in [6, 6.07) is 18.7. The molecule has 0 unspecified atom stereocenters. The lowest BCUT2D eigenvalue weighted by molar-refractivity contribution is 0.299. The van der Waals surface area contributed by atoms with Crippen LogP contribution in [0.3, 0.4) is 0 Å². The molecule has 2 aromatic carbocycles. The van der Waals surface area contributed by atoms with E-state index in [0.717, 1.165) is 13.5 Å². The van der Waals surface area contributed by atoms with Crippen molar-refractivity contribution in [1.82, 2.24) is 0 Å². The van der Waals surface area contributed by atoms with E-state index in [1.54, 1.807) is 11.8 Å². The Morgan fingerprint density at radius 3 is 1.80 bits per heavy atom. The molecule has 0 aromatic heterocycles. The first-order chi connectivity index (χ1) is 9.88. The summed E-state index contributed by atoms with van der Waals surface area (Å²) in [7, 11) is 1.00. The van der Waals surface area contributed by atoms with E-state index in [9.17, 15) is 0 Å². The van der Waals surface area contributed by atoms with Gasteiger partial charge in [-0.25, -0.2) is 0 Å². The maximum absolute atomic E-state index is 8.82. The van der Waals surface area contributed by atoms with Crippen LogP contribution in [-0.2, 0) is 6.42 Å². The van der Waals surface area contributed by atoms with E-state index >= 15 is 0 Å². The van der Waals surface area contributed by atoms with E-state index in [1.165, 1.54) is 15.4 Å². The Morgan fingerprint density at radius 2 is 1.30 bits per heavy atom. The third kappa shape index (κ3) is 7.34. The lowest BCUT2D eigenvalue weighted by Gasteiger charge is -2.03. The minimum Gasteiger partial charge on any atom is -0.400 e. The first kappa shape index (κ1) is 18.7. The summed E-state index contributed by atoms with van der Waals surface area (Å²) in [6.07, 6.45) is 0.732. The van der Waals surface area contributed by atoms with E-state index in [-0.39, 0.29) is 6.61 Å². The van der Waals surface area contributed by atoms with Crippen LogP contribution < -0.4 is 0 Å². The van der Waals surface area contributed by atoms with Crippen LogP contribution in [0, 0.1) is 0 Å². The second kappa shape index (κ2) is 12.7. The number of hydrogen-bond acceptors (Lipinski definition) is 3. The standard InChI is InChI=1S/C14H14OS.C2H6.CH4O/c15-11-10-12-6-8-14(9-7-12)16-13-4-2-1-3-5-13;2*1-2/h1-9,15H,10-11H2;1-2H3;2H,1H3. The Balaban J connectivity index is 0.000000829. The first-order valence-electron chi connectivity index (χ1n) is 6.76. The highest BCUT2D eigenvalue weighted by Crippen LogP contribution is 2.27. The first-order valence-corrected chi connectivity index (χ1v) is 7.57. The molecule has 0 radical (unpaired) electrons. The summed E-state index contributed by atoms with van der Waals surface area (Å²) in [4.78, 5) is 2.48. The Hall–Kier alpha value is -1.29. The predicted octanol–water partition coefficient (Wildman–Crippen LogP) is 4.01. The third-order valence-electron chi connectivity index (χ3n) is 2.30. The van der Waals surface area contributed by atoms with Gasteiger partial charge in [-0.05, 0) is 36.2 Å². The molecule has 110 valence electrons. The molecule has 0 aliphatic carbocycles. The fourth-order valence-corrected chi connectivity index (χ4v) is 2.32. The zero-order valence-corrected chi connectivity index (χ0v) is 13.2. The number of aliphatic hydroxyl groups excluding tert-OH is 2. The molecular formula is C17H24O2S. The van der Waals surface area contributed by atoms with Gasteiger partial charge in [0.25, 0.3) is 0 Å². The Morgan fingerprint density at radius 1 is 0.800 bits per heavy atom. The van der Waals surface area contributed by atoms with Gasteiger partial charge in [0, 0.05) is 23.5 Å². The van der Waals surface area contributed by atoms with Crippen LogP contribution in [0.5, 0.6) is 0 Å². The average Bonchev–Trinajstić information content (AvgIpc) is 2.54. The van der Waals surface area contributed by atoms with Crippen molar-refractivity contribution in [2.75, 3.05) is 13.7 Å². The van der Waals surface area contributed by atoms with Crippen LogP contribution in [0.25, 0.3) is 0 Å². The van der Waals surface area contributed by atoms with Gasteiger partial charge in [-0.2, -0.15) is 0 Å². The second-order valence-electron chi connectivity index (χ2n) is 3.53. The fourth-order valence-electron chi connectivity index (χ4n) is 1.48. The van der Waals surface area contributed by atoms with Crippen LogP contribution in [0.15, 0.2) is 64.4 Å². The van der Waals surface area contributed by atoms with Gasteiger partial charge in [-0.3, -0.25) is 0 Å². The number of aliphatic hydroxyl groups is 2. The Bertz CT molecular complexity index is 427. The molecule has 0 bridgehead atoms. The topological polar surface area (TPSA) is 40.5 Å². The molecule has 0 saturated carbocycles. The molecule has 0 aliphatic rings. The molecule has 20 heavy (non-hydrogen) atoms. The van der Waals surface area contributed by atoms with Gasteiger partial charge in [0.1, 0.15) is 0 Å². The summed E-state index contributed by atoms with van der Waals surface area (Å²) >= 11 is 1.75. The highest BCUT2D eigenvalue weighted by atomic mass is 32.2. The molecular weight excluding hydrogens is 268 g/mol. The summed E-state index contributed by atoms with van der Waals surface area (Å²) in [5, 5.41) is 15.8. The SMILES string of the molecule is CC.CO.OCCc1ccc(Sc2ccccc2)cc1. The summed E-state index contributed by atoms with van der Waals surface area (Å²) < 4.78 is 0. The van der Waals surface area contributed by atoms with E-state index in [0.29, 0.717) is 0 Å². The molecule has 2 nitrogen and oxygen atoms in total.